The van der Waals surface area contributed by atoms with Crippen LogP contribution in [-0.4, -0.2) is 9.97 Å². The summed E-state index contributed by atoms with van der Waals surface area (Å²) in [4.78, 5) is 10.7. The summed E-state index contributed by atoms with van der Waals surface area (Å²) in [6.45, 7) is 6.13. The van der Waals surface area contributed by atoms with E-state index in [-0.39, 0.29) is 0 Å². The van der Waals surface area contributed by atoms with Gasteiger partial charge in [-0.05, 0) is 44.0 Å². The predicted octanol–water partition coefficient (Wildman–Crippen LogP) is 3.99. The van der Waals surface area contributed by atoms with Gasteiger partial charge in [-0.3, -0.25) is 0 Å². The van der Waals surface area contributed by atoms with Crippen molar-refractivity contribution in [2.24, 2.45) is 0 Å². The fourth-order valence-corrected chi connectivity index (χ4v) is 3.08. The Morgan fingerprint density at radius 3 is 2.70 bits per heavy atom. The molecule has 0 radical (unpaired) electrons. The Morgan fingerprint density at radius 2 is 1.95 bits per heavy atom. The lowest BCUT2D eigenvalue weighted by molar-refractivity contribution is 0.470. The standard InChI is InChI=1S/C15H15N3OS/c1-8-4-5-12(11(16)6-8)19-14-13-9(2)10(3)20-15(13)18-7-17-14/h4-7H,16H2,1-3H3. The normalized spacial score (nSPS) is 10.9. The molecule has 0 saturated carbocycles. The van der Waals surface area contributed by atoms with E-state index >= 15 is 0 Å². The van der Waals surface area contributed by atoms with E-state index < -0.39 is 0 Å². The largest absolute Gasteiger partial charge is 0.436 e. The van der Waals surface area contributed by atoms with Gasteiger partial charge in [0.1, 0.15) is 11.2 Å². The van der Waals surface area contributed by atoms with Crippen molar-refractivity contribution in [1.82, 2.24) is 9.97 Å². The van der Waals surface area contributed by atoms with E-state index in [1.54, 1.807) is 11.3 Å². The first kappa shape index (κ1) is 12.9. The predicted molar refractivity (Wildman–Crippen MR) is 82.6 cm³/mol. The molecule has 0 saturated heterocycles. The summed E-state index contributed by atoms with van der Waals surface area (Å²) in [5, 5.41) is 0.968. The Kier molecular flexibility index (Phi) is 3.06. The van der Waals surface area contributed by atoms with Crippen LogP contribution in [0.1, 0.15) is 16.0 Å². The highest BCUT2D eigenvalue weighted by Crippen LogP contribution is 2.36. The highest BCUT2D eigenvalue weighted by atomic mass is 32.1. The number of nitrogens with two attached hydrogens (primary N) is 1. The number of rotatable bonds is 2. The lowest BCUT2D eigenvalue weighted by Gasteiger charge is -2.09. The minimum Gasteiger partial charge on any atom is -0.436 e. The van der Waals surface area contributed by atoms with Crippen LogP contribution in [0.2, 0.25) is 0 Å². The van der Waals surface area contributed by atoms with Gasteiger partial charge in [-0.25, -0.2) is 9.97 Å². The van der Waals surface area contributed by atoms with Crippen LogP contribution < -0.4 is 10.5 Å². The summed E-state index contributed by atoms with van der Waals surface area (Å²) in [6.07, 6.45) is 1.53. The summed E-state index contributed by atoms with van der Waals surface area (Å²) >= 11 is 1.65. The SMILES string of the molecule is Cc1ccc(Oc2ncnc3sc(C)c(C)c23)c(N)c1. The number of benzene rings is 1. The molecule has 0 spiro atoms. The molecule has 0 aliphatic carbocycles. The topological polar surface area (TPSA) is 61.0 Å². The van der Waals surface area contributed by atoms with Crippen molar-refractivity contribution in [3.8, 4) is 11.6 Å². The zero-order valence-electron chi connectivity index (χ0n) is 11.6. The molecule has 0 aliphatic heterocycles. The summed E-state index contributed by atoms with van der Waals surface area (Å²) in [5.74, 6) is 1.19. The van der Waals surface area contributed by atoms with Crippen LogP contribution in [0.4, 0.5) is 5.69 Å². The van der Waals surface area contributed by atoms with Crippen LogP contribution in [0.25, 0.3) is 10.2 Å². The Labute approximate surface area is 121 Å². The Balaban J connectivity index is 2.11. The number of hydrogen-bond acceptors (Lipinski definition) is 5. The lowest BCUT2D eigenvalue weighted by atomic mass is 10.2. The van der Waals surface area contributed by atoms with Gasteiger partial charge < -0.3 is 10.5 Å². The molecule has 2 heterocycles. The fraction of sp³-hybridized carbons (Fsp3) is 0.200. The average Bonchev–Trinajstić information content (AvgIpc) is 2.69. The second kappa shape index (κ2) is 4.76. The average molecular weight is 285 g/mol. The van der Waals surface area contributed by atoms with E-state index in [0.717, 1.165) is 21.3 Å². The molecular formula is C15H15N3OS. The van der Waals surface area contributed by atoms with Crippen LogP contribution >= 0.6 is 11.3 Å². The third-order valence-corrected chi connectivity index (χ3v) is 4.42. The quantitative estimate of drug-likeness (QED) is 0.723. The number of nitrogens with zero attached hydrogens (tertiary/aromatic N) is 2. The van der Waals surface area contributed by atoms with Gasteiger partial charge in [0.2, 0.25) is 5.88 Å². The molecule has 0 amide bonds. The molecule has 4 nitrogen and oxygen atoms in total. The van der Waals surface area contributed by atoms with Crippen molar-refractivity contribution in [3.63, 3.8) is 0 Å². The highest BCUT2D eigenvalue weighted by molar-refractivity contribution is 7.18. The van der Waals surface area contributed by atoms with Crippen molar-refractivity contribution >= 4 is 27.2 Å². The van der Waals surface area contributed by atoms with Crippen LogP contribution in [0.15, 0.2) is 24.5 Å². The Morgan fingerprint density at radius 1 is 1.15 bits per heavy atom. The van der Waals surface area contributed by atoms with Gasteiger partial charge in [0.15, 0.2) is 5.75 Å². The molecule has 3 aromatic rings. The second-order valence-electron chi connectivity index (χ2n) is 4.79. The van der Waals surface area contributed by atoms with Crippen molar-refractivity contribution < 1.29 is 4.74 Å². The fourth-order valence-electron chi connectivity index (χ4n) is 2.09. The number of anilines is 1. The number of aryl methyl sites for hydroxylation is 3. The molecule has 102 valence electrons. The maximum Gasteiger partial charge on any atom is 0.231 e. The molecule has 0 unspecified atom stereocenters. The van der Waals surface area contributed by atoms with Gasteiger partial charge in [-0.2, -0.15) is 0 Å². The Bertz CT molecular complexity index is 795. The number of fused-ring (bicyclic) bond motifs is 1. The van der Waals surface area contributed by atoms with E-state index in [0.29, 0.717) is 17.3 Å². The number of thiophene rings is 1. The highest BCUT2D eigenvalue weighted by Gasteiger charge is 2.14. The van der Waals surface area contributed by atoms with Crippen LogP contribution in [0.3, 0.4) is 0 Å². The molecule has 0 atom stereocenters. The van der Waals surface area contributed by atoms with Crippen LogP contribution in [0.5, 0.6) is 11.6 Å². The first-order valence-electron chi connectivity index (χ1n) is 6.31. The maximum atomic E-state index is 5.99. The summed E-state index contributed by atoms with van der Waals surface area (Å²) in [7, 11) is 0. The maximum absolute atomic E-state index is 5.99. The number of aromatic nitrogens is 2. The van der Waals surface area contributed by atoms with E-state index in [1.165, 1.54) is 11.2 Å². The van der Waals surface area contributed by atoms with Crippen LogP contribution in [-0.2, 0) is 0 Å². The molecule has 20 heavy (non-hydrogen) atoms. The zero-order chi connectivity index (χ0) is 14.3. The smallest absolute Gasteiger partial charge is 0.231 e. The van der Waals surface area contributed by atoms with E-state index in [4.69, 9.17) is 10.5 Å². The van der Waals surface area contributed by atoms with Gasteiger partial charge in [-0.1, -0.05) is 6.07 Å². The lowest BCUT2D eigenvalue weighted by Crippen LogP contribution is -1.95. The second-order valence-corrected chi connectivity index (χ2v) is 5.99. The summed E-state index contributed by atoms with van der Waals surface area (Å²) in [5.41, 5.74) is 8.86. The number of ether oxygens (including phenoxy) is 1. The minimum atomic E-state index is 0.562. The molecule has 0 fully saturated rings. The van der Waals surface area contributed by atoms with Crippen LogP contribution in [0, 0.1) is 20.8 Å². The third-order valence-electron chi connectivity index (χ3n) is 3.30. The first-order valence-corrected chi connectivity index (χ1v) is 7.12. The van der Waals surface area contributed by atoms with Crippen molar-refractivity contribution in [3.05, 3.63) is 40.5 Å². The van der Waals surface area contributed by atoms with Gasteiger partial charge in [-0.15, -0.1) is 11.3 Å². The molecule has 1 aromatic carbocycles. The first-order chi connectivity index (χ1) is 9.56. The molecule has 2 N–H and O–H groups in total. The molecule has 2 aromatic heterocycles. The van der Waals surface area contributed by atoms with Gasteiger partial charge in [0.05, 0.1) is 11.1 Å². The summed E-state index contributed by atoms with van der Waals surface area (Å²) in [6, 6.07) is 5.72. The monoisotopic (exact) mass is 285 g/mol. The number of hydrogen-bond donors (Lipinski definition) is 1. The Hall–Kier alpha value is -2.14. The van der Waals surface area contributed by atoms with Gasteiger partial charge in [0.25, 0.3) is 0 Å². The van der Waals surface area contributed by atoms with E-state index in [2.05, 4.69) is 23.8 Å². The molecule has 3 rings (SSSR count). The zero-order valence-corrected chi connectivity index (χ0v) is 12.4. The third kappa shape index (κ3) is 2.10. The van der Waals surface area contributed by atoms with Gasteiger partial charge >= 0.3 is 0 Å². The minimum absolute atomic E-state index is 0.562. The number of nitrogen functional groups attached to an aromatic ring is 1. The summed E-state index contributed by atoms with van der Waals surface area (Å²) < 4.78 is 5.90. The molecule has 0 bridgehead atoms. The molecule has 0 aliphatic rings. The van der Waals surface area contributed by atoms with Crippen molar-refractivity contribution in [2.45, 2.75) is 20.8 Å². The molecular weight excluding hydrogens is 270 g/mol. The van der Waals surface area contributed by atoms with Crippen molar-refractivity contribution in [1.29, 1.82) is 0 Å². The molecule has 5 heteroatoms. The van der Waals surface area contributed by atoms with Crippen molar-refractivity contribution in [2.75, 3.05) is 5.73 Å². The van der Waals surface area contributed by atoms with E-state index in [1.807, 2.05) is 25.1 Å². The van der Waals surface area contributed by atoms with Gasteiger partial charge in [0, 0.05) is 4.88 Å². The van der Waals surface area contributed by atoms with E-state index in [9.17, 15) is 0 Å².